The molecule has 0 bridgehead atoms. The topological polar surface area (TPSA) is 71.5 Å². The molecular weight excluding hydrogens is 313 g/mol. The lowest BCUT2D eigenvalue weighted by atomic mass is 9.97. The fourth-order valence-corrected chi connectivity index (χ4v) is 2.73. The molecule has 0 aliphatic carbocycles. The van der Waals surface area contributed by atoms with Crippen molar-refractivity contribution in [3.8, 4) is 0 Å². The van der Waals surface area contributed by atoms with E-state index < -0.39 is 17.8 Å². The third-order valence-electron chi connectivity index (χ3n) is 3.94. The van der Waals surface area contributed by atoms with Crippen LogP contribution in [0.1, 0.15) is 21.5 Å². The smallest absolute Gasteiger partial charge is 0.409 e. The number of carbonyl (C=O) groups excluding carboxylic acids is 2. The lowest BCUT2D eigenvalue weighted by Crippen LogP contribution is -2.36. The highest BCUT2D eigenvalue weighted by atomic mass is 19.1. The summed E-state index contributed by atoms with van der Waals surface area (Å²) in [6.07, 6.45) is 3.18. The second-order valence-corrected chi connectivity index (χ2v) is 5.40. The number of pyridine rings is 1. The molecule has 0 radical (unpaired) electrons. The van der Waals surface area contributed by atoms with Gasteiger partial charge in [0.1, 0.15) is 5.82 Å². The molecule has 1 aliphatic heterocycles. The number of amides is 2. The first-order valence-corrected chi connectivity index (χ1v) is 7.44. The van der Waals surface area contributed by atoms with E-state index in [0.717, 1.165) is 11.1 Å². The minimum Gasteiger partial charge on any atom is -0.453 e. The minimum absolute atomic E-state index is 0.118. The van der Waals surface area contributed by atoms with Crippen LogP contribution in [-0.4, -0.2) is 35.5 Å². The predicted molar refractivity (Wildman–Crippen MR) is 85.1 cm³/mol. The Balaban J connectivity index is 1.84. The summed E-state index contributed by atoms with van der Waals surface area (Å²) in [5.74, 6) is -0.920. The maximum atomic E-state index is 13.7. The van der Waals surface area contributed by atoms with Crippen LogP contribution in [0.4, 0.5) is 14.9 Å². The third kappa shape index (κ3) is 3.05. The summed E-state index contributed by atoms with van der Waals surface area (Å²) in [5.41, 5.74) is 2.11. The van der Waals surface area contributed by atoms with E-state index in [1.165, 1.54) is 25.4 Å². The molecule has 1 N–H and O–H groups in total. The largest absolute Gasteiger partial charge is 0.453 e. The van der Waals surface area contributed by atoms with E-state index in [9.17, 15) is 14.0 Å². The number of nitrogens with one attached hydrogen (secondary N) is 1. The van der Waals surface area contributed by atoms with Crippen molar-refractivity contribution in [1.82, 2.24) is 9.88 Å². The minimum atomic E-state index is -0.500. The average Bonchev–Trinajstić information content (AvgIpc) is 2.61. The number of benzene rings is 1. The van der Waals surface area contributed by atoms with Crippen LogP contribution < -0.4 is 5.32 Å². The summed E-state index contributed by atoms with van der Waals surface area (Å²) in [7, 11) is 1.33. The molecule has 0 saturated carbocycles. The Bertz CT molecular complexity index is 794. The maximum absolute atomic E-state index is 13.7. The predicted octanol–water partition coefficient (Wildman–Crippen LogP) is 2.60. The number of methoxy groups -OCH3 is 1. The van der Waals surface area contributed by atoms with Gasteiger partial charge in [-0.15, -0.1) is 0 Å². The molecule has 0 saturated heterocycles. The van der Waals surface area contributed by atoms with Crippen LogP contribution in [0.2, 0.25) is 0 Å². The molecule has 124 valence electrons. The van der Waals surface area contributed by atoms with Crippen LogP contribution in [0, 0.1) is 5.82 Å². The Morgan fingerprint density at radius 3 is 2.83 bits per heavy atom. The highest BCUT2D eigenvalue weighted by molar-refractivity contribution is 6.05. The molecule has 0 fully saturated rings. The first-order valence-electron chi connectivity index (χ1n) is 7.44. The molecule has 7 heteroatoms. The Kier molecular flexibility index (Phi) is 4.41. The quantitative estimate of drug-likeness (QED) is 0.919. The van der Waals surface area contributed by atoms with Gasteiger partial charge in [-0.2, -0.15) is 0 Å². The number of hydrogen-bond acceptors (Lipinski definition) is 4. The zero-order valence-corrected chi connectivity index (χ0v) is 13.1. The van der Waals surface area contributed by atoms with Crippen molar-refractivity contribution >= 4 is 17.7 Å². The fraction of sp³-hybridized carbons (Fsp3) is 0.235. The van der Waals surface area contributed by atoms with Gasteiger partial charge in [0, 0.05) is 18.9 Å². The van der Waals surface area contributed by atoms with E-state index in [-0.39, 0.29) is 5.69 Å². The molecule has 24 heavy (non-hydrogen) atoms. The molecule has 1 aliphatic rings. The van der Waals surface area contributed by atoms with Crippen molar-refractivity contribution in [3.05, 3.63) is 59.2 Å². The van der Waals surface area contributed by atoms with Gasteiger partial charge in [-0.25, -0.2) is 9.18 Å². The molecule has 3 rings (SSSR count). The fourth-order valence-electron chi connectivity index (χ4n) is 2.73. The number of para-hydroxylation sites is 1. The van der Waals surface area contributed by atoms with Crippen molar-refractivity contribution < 1.29 is 18.7 Å². The standard InChI is InChI=1S/C17H16FN3O3/c1-24-17(23)21-7-6-12-11(10-21)8-19-9-13(12)16(22)20-15-5-3-2-4-14(15)18/h2-5,8-9H,6-7,10H2,1H3,(H,20,22). The third-order valence-corrected chi connectivity index (χ3v) is 3.94. The van der Waals surface area contributed by atoms with Gasteiger partial charge in [0.05, 0.1) is 24.9 Å². The first-order chi connectivity index (χ1) is 11.6. The van der Waals surface area contributed by atoms with Crippen LogP contribution in [0.3, 0.4) is 0 Å². The maximum Gasteiger partial charge on any atom is 0.409 e. The molecule has 0 unspecified atom stereocenters. The summed E-state index contributed by atoms with van der Waals surface area (Å²) in [4.78, 5) is 29.7. The van der Waals surface area contributed by atoms with Crippen molar-refractivity contribution in [3.63, 3.8) is 0 Å². The molecule has 0 atom stereocenters. The van der Waals surface area contributed by atoms with Gasteiger partial charge >= 0.3 is 6.09 Å². The first kappa shape index (κ1) is 15.9. The monoisotopic (exact) mass is 329 g/mol. The molecular formula is C17H16FN3O3. The van der Waals surface area contributed by atoms with Gasteiger partial charge in [-0.05, 0) is 29.7 Å². The second-order valence-electron chi connectivity index (χ2n) is 5.40. The number of anilines is 1. The Morgan fingerprint density at radius 1 is 1.29 bits per heavy atom. The highest BCUT2D eigenvalue weighted by Crippen LogP contribution is 2.23. The van der Waals surface area contributed by atoms with Gasteiger partial charge < -0.3 is 15.0 Å². The number of rotatable bonds is 2. The molecule has 2 heterocycles. The van der Waals surface area contributed by atoms with E-state index in [0.29, 0.717) is 25.1 Å². The zero-order chi connectivity index (χ0) is 17.1. The number of hydrogen-bond donors (Lipinski definition) is 1. The number of fused-ring (bicyclic) bond motifs is 1. The van der Waals surface area contributed by atoms with Crippen molar-refractivity contribution in [1.29, 1.82) is 0 Å². The van der Waals surface area contributed by atoms with E-state index in [4.69, 9.17) is 4.74 Å². The number of ether oxygens (including phenoxy) is 1. The van der Waals surface area contributed by atoms with Crippen LogP contribution >= 0.6 is 0 Å². The van der Waals surface area contributed by atoms with Crippen molar-refractivity contribution in [2.24, 2.45) is 0 Å². The van der Waals surface area contributed by atoms with Crippen LogP contribution in [-0.2, 0) is 17.7 Å². The molecule has 1 aromatic carbocycles. The summed E-state index contributed by atoms with van der Waals surface area (Å²) >= 11 is 0. The average molecular weight is 329 g/mol. The lowest BCUT2D eigenvalue weighted by Gasteiger charge is -2.28. The van der Waals surface area contributed by atoms with E-state index >= 15 is 0 Å². The van der Waals surface area contributed by atoms with Crippen molar-refractivity contribution in [2.75, 3.05) is 19.0 Å². The van der Waals surface area contributed by atoms with Gasteiger partial charge in [-0.3, -0.25) is 9.78 Å². The van der Waals surface area contributed by atoms with Gasteiger partial charge in [0.2, 0.25) is 0 Å². The van der Waals surface area contributed by atoms with Crippen LogP contribution in [0.15, 0.2) is 36.7 Å². The summed E-state index contributed by atoms with van der Waals surface area (Å²) < 4.78 is 18.4. The van der Waals surface area contributed by atoms with Crippen LogP contribution in [0.5, 0.6) is 0 Å². The van der Waals surface area contributed by atoms with E-state index in [1.54, 1.807) is 23.2 Å². The Labute approximate surface area is 138 Å². The number of nitrogens with zero attached hydrogens (tertiary/aromatic N) is 2. The van der Waals surface area contributed by atoms with E-state index in [1.807, 2.05) is 0 Å². The highest BCUT2D eigenvalue weighted by Gasteiger charge is 2.25. The molecule has 6 nitrogen and oxygen atoms in total. The van der Waals surface area contributed by atoms with Gasteiger partial charge in [0.15, 0.2) is 0 Å². The van der Waals surface area contributed by atoms with Crippen molar-refractivity contribution in [2.45, 2.75) is 13.0 Å². The van der Waals surface area contributed by atoms with Gasteiger partial charge in [-0.1, -0.05) is 12.1 Å². The number of halogens is 1. The zero-order valence-electron chi connectivity index (χ0n) is 13.1. The Morgan fingerprint density at radius 2 is 2.08 bits per heavy atom. The summed E-state index contributed by atoms with van der Waals surface area (Å²) in [6.45, 7) is 0.777. The van der Waals surface area contributed by atoms with Gasteiger partial charge in [0.25, 0.3) is 5.91 Å². The number of aromatic nitrogens is 1. The summed E-state index contributed by atoms with van der Waals surface area (Å²) in [5, 5.41) is 2.56. The molecule has 0 spiro atoms. The molecule has 2 aromatic rings. The normalized spacial score (nSPS) is 13.2. The van der Waals surface area contributed by atoms with E-state index in [2.05, 4.69) is 10.3 Å². The second kappa shape index (κ2) is 6.66. The molecule has 1 aromatic heterocycles. The Hall–Kier alpha value is -2.96. The lowest BCUT2D eigenvalue weighted by molar-refractivity contribution is 0.102. The summed E-state index contributed by atoms with van der Waals surface area (Å²) in [6, 6.07) is 5.97. The molecule has 2 amide bonds. The SMILES string of the molecule is COC(=O)N1CCc2c(cncc2C(=O)Nc2ccccc2F)C1. The number of carbonyl (C=O) groups is 2. The van der Waals surface area contributed by atoms with Crippen LogP contribution in [0.25, 0.3) is 0 Å².